The van der Waals surface area contributed by atoms with Gasteiger partial charge < -0.3 is 24.8 Å². The zero-order chi connectivity index (χ0) is 22.2. The highest BCUT2D eigenvalue weighted by atomic mass is 16.5. The molecule has 7 nitrogen and oxygen atoms in total. The van der Waals surface area contributed by atoms with E-state index in [1.54, 1.807) is 4.90 Å². The van der Waals surface area contributed by atoms with Crippen LogP contribution in [0.2, 0.25) is 0 Å². The van der Waals surface area contributed by atoms with E-state index >= 15 is 0 Å². The molecule has 2 aromatic rings. The number of anilines is 1. The normalized spacial score (nSPS) is 16.3. The van der Waals surface area contributed by atoms with Crippen molar-refractivity contribution >= 4 is 17.6 Å². The number of ether oxygens (including phenoxy) is 1. The lowest BCUT2D eigenvalue weighted by Gasteiger charge is -2.36. The second-order valence-corrected chi connectivity index (χ2v) is 8.16. The third kappa shape index (κ3) is 6.80. The fourth-order valence-corrected chi connectivity index (χ4v) is 3.46. The van der Waals surface area contributed by atoms with Gasteiger partial charge in [-0.1, -0.05) is 35.9 Å². The van der Waals surface area contributed by atoms with Crippen molar-refractivity contribution in [3.05, 3.63) is 65.7 Å². The zero-order valence-corrected chi connectivity index (χ0v) is 18.6. The van der Waals surface area contributed by atoms with Crippen LogP contribution in [0.15, 0.2) is 54.6 Å². The summed E-state index contributed by atoms with van der Waals surface area (Å²) < 4.78 is 5.92. The van der Waals surface area contributed by atoms with Crippen LogP contribution in [0.3, 0.4) is 0 Å². The summed E-state index contributed by atoms with van der Waals surface area (Å²) in [7, 11) is 3.97. The Labute approximate surface area is 184 Å². The molecule has 0 aromatic heterocycles. The monoisotopic (exact) mass is 424 g/mol. The molecule has 1 saturated heterocycles. The van der Waals surface area contributed by atoms with Gasteiger partial charge in [0.1, 0.15) is 0 Å². The number of rotatable bonds is 7. The minimum absolute atomic E-state index is 0.0173. The van der Waals surface area contributed by atoms with Crippen molar-refractivity contribution in [2.75, 3.05) is 58.7 Å². The Kier molecular flexibility index (Phi) is 8.03. The Hall–Kier alpha value is -2.90. The molecule has 1 unspecified atom stereocenters. The van der Waals surface area contributed by atoms with Crippen molar-refractivity contribution in [1.82, 2.24) is 14.7 Å². The van der Waals surface area contributed by atoms with Crippen LogP contribution in [0.1, 0.15) is 15.9 Å². The van der Waals surface area contributed by atoms with Crippen molar-refractivity contribution < 1.29 is 14.3 Å². The minimum atomic E-state index is -0.230. The van der Waals surface area contributed by atoms with E-state index in [4.69, 9.17) is 4.74 Å². The standard InChI is InChI=1S/C24H32N4O3/c1-19-9-11-20(12-10-19)23(29)27(14-13-26(2)3)17-22-18-28(15-16-31-22)24(30)25-21-7-5-4-6-8-21/h4-12,22H,13-18H2,1-3H3,(H,25,30). The number of nitrogens with zero attached hydrogens (tertiary/aromatic N) is 3. The van der Waals surface area contributed by atoms with Crippen molar-refractivity contribution in [3.63, 3.8) is 0 Å². The van der Waals surface area contributed by atoms with Crippen molar-refractivity contribution in [1.29, 1.82) is 0 Å². The van der Waals surface area contributed by atoms with Crippen LogP contribution in [-0.4, -0.2) is 86.2 Å². The molecular weight excluding hydrogens is 392 g/mol. The summed E-state index contributed by atoms with van der Waals surface area (Å²) in [6.45, 7) is 5.21. The second kappa shape index (κ2) is 10.9. The van der Waals surface area contributed by atoms with Crippen molar-refractivity contribution in [2.24, 2.45) is 0 Å². The maximum Gasteiger partial charge on any atom is 0.322 e. The topological polar surface area (TPSA) is 65.1 Å². The van der Waals surface area contributed by atoms with E-state index in [1.807, 2.05) is 80.5 Å². The molecule has 7 heteroatoms. The Morgan fingerprint density at radius 2 is 1.77 bits per heavy atom. The number of carbonyl (C=O) groups excluding carboxylic acids is 2. The maximum atomic E-state index is 13.2. The van der Waals surface area contributed by atoms with Gasteiger partial charge in [0.05, 0.1) is 19.3 Å². The fourth-order valence-electron chi connectivity index (χ4n) is 3.46. The summed E-state index contributed by atoms with van der Waals surface area (Å²) in [6, 6.07) is 16.9. The number of benzene rings is 2. The number of hydrogen-bond acceptors (Lipinski definition) is 4. The van der Waals surface area contributed by atoms with Crippen LogP contribution < -0.4 is 5.32 Å². The highest BCUT2D eigenvalue weighted by Crippen LogP contribution is 2.14. The summed E-state index contributed by atoms with van der Waals surface area (Å²) >= 11 is 0. The van der Waals surface area contributed by atoms with Crippen LogP contribution >= 0.6 is 0 Å². The van der Waals surface area contributed by atoms with Gasteiger partial charge in [-0.05, 0) is 45.3 Å². The first-order chi connectivity index (χ1) is 14.9. The molecule has 166 valence electrons. The fraction of sp³-hybridized carbons (Fsp3) is 0.417. The smallest absolute Gasteiger partial charge is 0.322 e. The maximum absolute atomic E-state index is 13.2. The molecule has 1 heterocycles. The minimum Gasteiger partial charge on any atom is -0.373 e. The van der Waals surface area contributed by atoms with E-state index in [2.05, 4.69) is 10.2 Å². The Balaban J connectivity index is 1.64. The molecule has 3 amide bonds. The average molecular weight is 425 g/mol. The first kappa shape index (κ1) is 22.8. The molecule has 1 aliphatic heterocycles. The lowest BCUT2D eigenvalue weighted by Crippen LogP contribution is -2.52. The highest BCUT2D eigenvalue weighted by Gasteiger charge is 2.28. The molecule has 0 bridgehead atoms. The Morgan fingerprint density at radius 1 is 1.06 bits per heavy atom. The molecule has 1 fully saturated rings. The quantitative estimate of drug-likeness (QED) is 0.742. The first-order valence-corrected chi connectivity index (χ1v) is 10.7. The summed E-state index contributed by atoms with van der Waals surface area (Å²) in [4.78, 5) is 31.5. The molecule has 1 aliphatic rings. The highest BCUT2D eigenvalue weighted by molar-refractivity contribution is 5.94. The summed E-state index contributed by atoms with van der Waals surface area (Å²) in [5.74, 6) is -0.0173. The summed E-state index contributed by atoms with van der Waals surface area (Å²) in [5, 5.41) is 2.92. The molecule has 1 atom stereocenters. The molecule has 0 aliphatic carbocycles. The average Bonchev–Trinajstić information content (AvgIpc) is 2.77. The van der Waals surface area contributed by atoms with E-state index in [1.165, 1.54) is 0 Å². The van der Waals surface area contributed by atoms with Gasteiger partial charge in [-0.15, -0.1) is 0 Å². The molecule has 31 heavy (non-hydrogen) atoms. The Bertz CT molecular complexity index is 855. The number of nitrogens with one attached hydrogen (secondary N) is 1. The lowest BCUT2D eigenvalue weighted by molar-refractivity contribution is -0.0265. The molecule has 0 spiro atoms. The van der Waals surface area contributed by atoms with Gasteiger partial charge in [-0.3, -0.25) is 4.79 Å². The van der Waals surface area contributed by atoms with Crippen molar-refractivity contribution in [3.8, 4) is 0 Å². The summed E-state index contributed by atoms with van der Waals surface area (Å²) in [5.41, 5.74) is 2.55. The van der Waals surface area contributed by atoms with E-state index in [0.29, 0.717) is 38.3 Å². The molecule has 3 rings (SSSR count). The molecule has 1 N–H and O–H groups in total. The Morgan fingerprint density at radius 3 is 2.45 bits per heavy atom. The van der Waals surface area contributed by atoms with Gasteiger partial charge in [0.25, 0.3) is 5.91 Å². The summed E-state index contributed by atoms with van der Waals surface area (Å²) in [6.07, 6.45) is -0.230. The number of morpholine rings is 1. The third-order valence-corrected chi connectivity index (χ3v) is 5.28. The molecule has 0 saturated carbocycles. The molecular formula is C24H32N4O3. The van der Waals surface area contributed by atoms with Gasteiger partial charge in [-0.2, -0.15) is 0 Å². The number of carbonyl (C=O) groups is 2. The van der Waals surface area contributed by atoms with Gasteiger partial charge in [-0.25, -0.2) is 4.79 Å². The van der Waals surface area contributed by atoms with Crippen LogP contribution in [0.5, 0.6) is 0 Å². The molecule has 2 aromatic carbocycles. The number of likely N-dealkylation sites (N-methyl/N-ethyl adjacent to an activating group) is 1. The number of hydrogen-bond donors (Lipinski definition) is 1. The zero-order valence-electron chi connectivity index (χ0n) is 18.6. The first-order valence-electron chi connectivity index (χ1n) is 10.7. The van der Waals surface area contributed by atoms with Crippen LogP contribution in [-0.2, 0) is 4.74 Å². The molecule has 0 radical (unpaired) electrons. The second-order valence-electron chi connectivity index (χ2n) is 8.16. The van der Waals surface area contributed by atoms with E-state index in [9.17, 15) is 9.59 Å². The van der Waals surface area contributed by atoms with E-state index in [0.717, 1.165) is 17.8 Å². The van der Waals surface area contributed by atoms with Gasteiger partial charge in [0, 0.05) is 37.4 Å². The van der Waals surface area contributed by atoms with Crippen LogP contribution in [0.25, 0.3) is 0 Å². The number of aryl methyl sites for hydroxylation is 1. The SMILES string of the molecule is Cc1ccc(C(=O)N(CCN(C)C)CC2CN(C(=O)Nc3ccccc3)CCO2)cc1. The van der Waals surface area contributed by atoms with Gasteiger partial charge in [0.2, 0.25) is 0 Å². The van der Waals surface area contributed by atoms with Crippen molar-refractivity contribution in [2.45, 2.75) is 13.0 Å². The van der Waals surface area contributed by atoms with E-state index < -0.39 is 0 Å². The number of para-hydroxylation sites is 1. The van der Waals surface area contributed by atoms with E-state index in [-0.39, 0.29) is 18.0 Å². The predicted octanol–water partition coefficient (Wildman–Crippen LogP) is 2.93. The van der Waals surface area contributed by atoms with Crippen LogP contribution in [0.4, 0.5) is 10.5 Å². The predicted molar refractivity (Wildman–Crippen MR) is 122 cm³/mol. The largest absolute Gasteiger partial charge is 0.373 e. The number of amides is 3. The number of urea groups is 1. The third-order valence-electron chi connectivity index (χ3n) is 5.28. The lowest BCUT2D eigenvalue weighted by atomic mass is 10.1. The van der Waals surface area contributed by atoms with Gasteiger partial charge in [0.15, 0.2) is 0 Å². The van der Waals surface area contributed by atoms with Gasteiger partial charge >= 0.3 is 6.03 Å². The van der Waals surface area contributed by atoms with Crippen LogP contribution in [0, 0.1) is 6.92 Å².